The second kappa shape index (κ2) is 7.33. The molecule has 7 heteroatoms. The summed E-state index contributed by atoms with van der Waals surface area (Å²) in [5.74, 6) is 0.200. The van der Waals surface area contributed by atoms with Crippen molar-refractivity contribution in [1.82, 2.24) is 9.78 Å². The Morgan fingerprint density at radius 1 is 1.29 bits per heavy atom. The number of carbonyl (C=O) groups is 1. The van der Waals surface area contributed by atoms with Crippen LogP contribution in [0.4, 0.5) is 19.0 Å². The molecule has 2 rings (SSSR count). The van der Waals surface area contributed by atoms with Gasteiger partial charge in [0.2, 0.25) is 5.91 Å². The predicted molar refractivity (Wildman–Crippen MR) is 86.3 cm³/mol. The third-order valence-corrected chi connectivity index (χ3v) is 3.60. The van der Waals surface area contributed by atoms with Crippen molar-refractivity contribution < 1.29 is 18.0 Å². The van der Waals surface area contributed by atoms with E-state index < -0.39 is 11.7 Å². The van der Waals surface area contributed by atoms with Crippen LogP contribution in [0.15, 0.2) is 42.6 Å². The van der Waals surface area contributed by atoms with Crippen molar-refractivity contribution in [2.45, 2.75) is 32.5 Å². The Balaban J connectivity index is 2.02. The average molecular weight is 337 g/mol. The number of hydrogen-bond acceptors (Lipinski definition) is 2. The summed E-state index contributed by atoms with van der Waals surface area (Å²) >= 11 is 0. The lowest BCUT2D eigenvalue weighted by Gasteiger charge is -2.13. The molecule has 2 aromatic rings. The number of halogens is 3. The zero-order chi connectivity index (χ0) is 17.7. The fourth-order valence-electron chi connectivity index (χ4n) is 2.06. The lowest BCUT2D eigenvalue weighted by atomic mass is 10.1. The molecular formula is C17H18F3N3O. The van der Waals surface area contributed by atoms with Crippen LogP contribution in [0.5, 0.6) is 0 Å². The monoisotopic (exact) mass is 337 g/mol. The molecule has 1 amide bonds. The summed E-state index contributed by atoms with van der Waals surface area (Å²) in [5, 5.41) is 6.87. The van der Waals surface area contributed by atoms with Gasteiger partial charge in [-0.05, 0) is 37.1 Å². The highest BCUT2D eigenvalue weighted by Gasteiger charge is 2.29. The zero-order valence-corrected chi connectivity index (χ0v) is 13.3. The van der Waals surface area contributed by atoms with Gasteiger partial charge < -0.3 is 5.32 Å². The largest absolute Gasteiger partial charge is 0.416 e. The molecule has 1 atom stereocenters. The van der Waals surface area contributed by atoms with Crippen LogP contribution >= 0.6 is 0 Å². The molecule has 1 N–H and O–H groups in total. The van der Waals surface area contributed by atoms with Crippen LogP contribution in [0.1, 0.15) is 37.4 Å². The molecule has 0 aliphatic carbocycles. The van der Waals surface area contributed by atoms with Gasteiger partial charge in [0, 0.05) is 12.1 Å². The van der Waals surface area contributed by atoms with Gasteiger partial charge >= 0.3 is 6.18 Å². The first kappa shape index (κ1) is 17.8. The second-order valence-corrected chi connectivity index (χ2v) is 5.36. The minimum Gasteiger partial charge on any atom is -0.307 e. The number of carbonyl (C=O) groups excluding carboxylic acids is 1. The standard InChI is InChI=1S/C17H18F3N3O/c1-3-12(2)23-15(10-11-21-23)22-16(24)9-6-13-4-7-14(8-5-13)17(18,19)20/h4-12H,3H2,1-2H3,(H,22,24)/b9-6+. The summed E-state index contributed by atoms with van der Waals surface area (Å²) in [5.41, 5.74) is -0.213. The number of aromatic nitrogens is 2. The Morgan fingerprint density at radius 2 is 1.96 bits per heavy atom. The first-order valence-electron chi connectivity index (χ1n) is 7.51. The van der Waals surface area contributed by atoms with Crippen LogP contribution in [-0.2, 0) is 11.0 Å². The maximum absolute atomic E-state index is 12.5. The summed E-state index contributed by atoms with van der Waals surface area (Å²) in [7, 11) is 0. The molecular weight excluding hydrogens is 319 g/mol. The zero-order valence-electron chi connectivity index (χ0n) is 13.3. The van der Waals surface area contributed by atoms with Gasteiger partial charge in [-0.2, -0.15) is 18.3 Å². The van der Waals surface area contributed by atoms with Gasteiger partial charge in [-0.1, -0.05) is 19.1 Å². The Labute approximate surface area is 138 Å². The number of anilines is 1. The van der Waals surface area contributed by atoms with E-state index in [1.165, 1.54) is 24.3 Å². The molecule has 1 unspecified atom stereocenters. The fraction of sp³-hybridized carbons (Fsp3) is 0.294. The Bertz CT molecular complexity index is 717. The van der Waals surface area contributed by atoms with Gasteiger partial charge in [-0.15, -0.1) is 0 Å². The van der Waals surface area contributed by atoms with Crippen molar-refractivity contribution in [3.63, 3.8) is 0 Å². The molecule has 0 spiro atoms. The molecule has 0 saturated carbocycles. The molecule has 0 saturated heterocycles. The number of nitrogens with one attached hydrogen (secondary N) is 1. The van der Waals surface area contributed by atoms with Gasteiger partial charge in [-0.3, -0.25) is 4.79 Å². The molecule has 0 bridgehead atoms. The minimum absolute atomic E-state index is 0.147. The number of hydrogen-bond donors (Lipinski definition) is 1. The molecule has 1 heterocycles. The topological polar surface area (TPSA) is 46.9 Å². The van der Waals surface area contributed by atoms with E-state index in [0.717, 1.165) is 18.6 Å². The number of nitrogens with zero attached hydrogens (tertiary/aromatic N) is 2. The summed E-state index contributed by atoms with van der Waals surface area (Å²) in [6, 6.07) is 6.43. The number of alkyl halides is 3. The van der Waals surface area contributed by atoms with Crippen molar-refractivity contribution in [2.75, 3.05) is 5.32 Å². The lowest BCUT2D eigenvalue weighted by molar-refractivity contribution is -0.137. The fourth-order valence-corrected chi connectivity index (χ4v) is 2.06. The second-order valence-electron chi connectivity index (χ2n) is 5.36. The number of rotatable bonds is 5. The predicted octanol–water partition coefficient (Wildman–Crippen LogP) is 4.52. The number of benzene rings is 1. The van der Waals surface area contributed by atoms with E-state index in [0.29, 0.717) is 11.4 Å². The average Bonchev–Trinajstić information content (AvgIpc) is 3.00. The highest BCUT2D eigenvalue weighted by molar-refractivity contribution is 6.01. The Morgan fingerprint density at radius 3 is 2.54 bits per heavy atom. The highest BCUT2D eigenvalue weighted by Crippen LogP contribution is 2.29. The molecule has 0 aliphatic heterocycles. The molecule has 0 radical (unpaired) electrons. The van der Waals surface area contributed by atoms with E-state index in [9.17, 15) is 18.0 Å². The van der Waals surface area contributed by atoms with Gasteiger partial charge in [0.25, 0.3) is 0 Å². The maximum Gasteiger partial charge on any atom is 0.416 e. The van der Waals surface area contributed by atoms with Gasteiger partial charge in [0.1, 0.15) is 5.82 Å². The third kappa shape index (κ3) is 4.47. The molecule has 1 aromatic heterocycles. The van der Waals surface area contributed by atoms with Crippen LogP contribution in [0.25, 0.3) is 6.08 Å². The Kier molecular flexibility index (Phi) is 5.43. The van der Waals surface area contributed by atoms with Crippen LogP contribution in [-0.4, -0.2) is 15.7 Å². The first-order valence-corrected chi connectivity index (χ1v) is 7.51. The van der Waals surface area contributed by atoms with E-state index in [4.69, 9.17) is 0 Å². The van der Waals surface area contributed by atoms with Crippen molar-refractivity contribution in [3.8, 4) is 0 Å². The van der Waals surface area contributed by atoms with E-state index >= 15 is 0 Å². The van der Waals surface area contributed by atoms with Gasteiger partial charge in [0.05, 0.1) is 17.8 Å². The SMILES string of the molecule is CCC(C)n1nccc1NC(=O)/C=C/c1ccc(C(F)(F)F)cc1. The molecule has 1 aromatic carbocycles. The van der Waals surface area contributed by atoms with Crippen molar-refractivity contribution in [3.05, 3.63) is 53.7 Å². The van der Waals surface area contributed by atoms with Crippen LogP contribution in [0.2, 0.25) is 0 Å². The van der Waals surface area contributed by atoms with Gasteiger partial charge in [-0.25, -0.2) is 4.68 Å². The number of amides is 1. The van der Waals surface area contributed by atoms with E-state index in [1.807, 2.05) is 13.8 Å². The summed E-state index contributed by atoms with van der Waals surface area (Å²) < 4.78 is 39.2. The quantitative estimate of drug-likeness (QED) is 0.815. The van der Waals surface area contributed by atoms with Crippen LogP contribution < -0.4 is 5.32 Å². The maximum atomic E-state index is 12.5. The van der Waals surface area contributed by atoms with Crippen LogP contribution in [0, 0.1) is 0 Å². The molecule has 24 heavy (non-hydrogen) atoms. The van der Waals surface area contributed by atoms with E-state index in [1.54, 1.807) is 16.9 Å². The summed E-state index contributed by atoms with van der Waals surface area (Å²) in [6.07, 6.45) is 0.831. The van der Waals surface area contributed by atoms with Crippen molar-refractivity contribution in [2.24, 2.45) is 0 Å². The van der Waals surface area contributed by atoms with Gasteiger partial charge in [0.15, 0.2) is 0 Å². The Hall–Kier alpha value is -2.57. The third-order valence-electron chi connectivity index (χ3n) is 3.60. The molecule has 4 nitrogen and oxygen atoms in total. The van der Waals surface area contributed by atoms with Crippen LogP contribution in [0.3, 0.4) is 0 Å². The normalized spacial score (nSPS) is 13.2. The molecule has 0 fully saturated rings. The van der Waals surface area contributed by atoms with Crippen molar-refractivity contribution >= 4 is 17.8 Å². The van der Waals surface area contributed by atoms with E-state index in [2.05, 4.69) is 10.4 Å². The van der Waals surface area contributed by atoms with E-state index in [-0.39, 0.29) is 11.9 Å². The highest BCUT2D eigenvalue weighted by atomic mass is 19.4. The molecule has 128 valence electrons. The first-order chi connectivity index (χ1) is 11.3. The summed E-state index contributed by atoms with van der Waals surface area (Å²) in [4.78, 5) is 12.0. The molecule has 0 aliphatic rings. The lowest BCUT2D eigenvalue weighted by Crippen LogP contribution is -2.15. The minimum atomic E-state index is -4.37. The summed E-state index contributed by atoms with van der Waals surface area (Å²) in [6.45, 7) is 4.00. The smallest absolute Gasteiger partial charge is 0.307 e. The van der Waals surface area contributed by atoms with Crippen molar-refractivity contribution in [1.29, 1.82) is 0 Å².